The number of hydrogen-bond acceptors (Lipinski definition) is 3. The lowest BCUT2D eigenvalue weighted by atomic mass is 9.83. The molecule has 0 aromatic rings. The maximum absolute atomic E-state index is 10.3. The molecule has 3 heteroatoms. The van der Waals surface area contributed by atoms with Gasteiger partial charge in [-0.05, 0) is 45.1 Å². The van der Waals surface area contributed by atoms with Gasteiger partial charge in [-0.2, -0.15) is 0 Å². The van der Waals surface area contributed by atoms with Gasteiger partial charge in [0.1, 0.15) is 0 Å². The van der Waals surface area contributed by atoms with E-state index in [1.165, 1.54) is 32.4 Å². The highest BCUT2D eigenvalue weighted by Crippen LogP contribution is 2.43. The van der Waals surface area contributed by atoms with Crippen LogP contribution in [0.4, 0.5) is 0 Å². The molecular weight excluding hydrogens is 212 g/mol. The fourth-order valence-electron chi connectivity index (χ4n) is 4.47. The van der Waals surface area contributed by atoms with Gasteiger partial charge in [-0.15, -0.1) is 0 Å². The second-order valence-corrected chi connectivity index (χ2v) is 6.75. The number of nitrogens with zero attached hydrogens (tertiary/aromatic N) is 1. The third-order valence-corrected chi connectivity index (χ3v) is 5.51. The molecule has 0 amide bonds. The molecule has 2 saturated heterocycles. The van der Waals surface area contributed by atoms with Gasteiger partial charge in [0.2, 0.25) is 0 Å². The molecule has 0 aromatic heterocycles. The summed E-state index contributed by atoms with van der Waals surface area (Å²) < 4.78 is 0. The molecule has 2 aliphatic heterocycles. The number of likely N-dealkylation sites (tertiary alicyclic amines) is 1. The van der Waals surface area contributed by atoms with Gasteiger partial charge in [-0.1, -0.05) is 12.8 Å². The number of rotatable bonds is 1. The van der Waals surface area contributed by atoms with Gasteiger partial charge in [0.05, 0.1) is 6.10 Å². The maximum atomic E-state index is 10.3. The molecule has 98 valence electrons. The summed E-state index contributed by atoms with van der Waals surface area (Å²) in [7, 11) is 0. The first-order valence-corrected chi connectivity index (χ1v) is 7.26. The second-order valence-electron chi connectivity index (χ2n) is 6.75. The summed E-state index contributed by atoms with van der Waals surface area (Å²) in [5, 5.41) is 13.8. The largest absolute Gasteiger partial charge is 0.391 e. The molecule has 2 N–H and O–H groups in total. The second kappa shape index (κ2) is 4.22. The van der Waals surface area contributed by atoms with Crippen molar-refractivity contribution in [2.75, 3.05) is 19.6 Å². The van der Waals surface area contributed by atoms with Crippen LogP contribution in [0.5, 0.6) is 0 Å². The lowest BCUT2D eigenvalue weighted by Gasteiger charge is -2.44. The molecular formula is C14H26N2O. The van der Waals surface area contributed by atoms with E-state index in [2.05, 4.69) is 24.1 Å². The van der Waals surface area contributed by atoms with Crippen molar-refractivity contribution in [3.8, 4) is 0 Å². The standard InChI is InChI=1S/C14H26N2O/c1-14(2)11-8-15-7-10(11)9-16(14)12-5-3-4-6-13(12)17/h10-13,15,17H,3-9H2,1-2H3. The van der Waals surface area contributed by atoms with E-state index in [1.807, 2.05) is 0 Å². The average molecular weight is 238 g/mol. The van der Waals surface area contributed by atoms with Crippen LogP contribution in [0.3, 0.4) is 0 Å². The molecule has 17 heavy (non-hydrogen) atoms. The minimum Gasteiger partial charge on any atom is -0.391 e. The van der Waals surface area contributed by atoms with Gasteiger partial charge in [-0.3, -0.25) is 4.90 Å². The zero-order chi connectivity index (χ0) is 12.0. The fraction of sp³-hybridized carbons (Fsp3) is 1.00. The van der Waals surface area contributed by atoms with Crippen molar-refractivity contribution in [1.29, 1.82) is 0 Å². The van der Waals surface area contributed by atoms with Crippen molar-refractivity contribution < 1.29 is 5.11 Å². The summed E-state index contributed by atoms with van der Waals surface area (Å²) in [5.74, 6) is 1.58. The fourth-order valence-corrected chi connectivity index (χ4v) is 4.47. The Morgan fingerprint density at radius 2 is 1.94 bits per heavy atom. The van der Waals surface area contributed by atoms with E-state index in [0.717, 1.165) is 24.8 Å². The van der Waals surface area contributed by atoms with E-state index >= 15 is 0 Å². The first kappa shape index (κ1) is 11.9. The lowest BCUT2D eigenvalue weighted by Crippen LogP contribution is -2.54. The van der Waals surface area contributed by atoms with Crippen LogP contribution in [0, 0.1) is 11.8 Å². The zero-order valence-corrected chi connectivity index (χ0v) is 11.2. The average Bonchev–Trinajstić information content (AvgIpc) is 2.83. The lowest BCUT2D eigenvalue weighted by molar-refractivity contribution is -0.0172. The van der Waals surface area contributed by atoms with E-state index < -0.39 is 0 Å². The molecule has 3 rings (SSSR count). The van der Waals surface area contributed by atoms with E-state index in [4.69, 9.17) is 0 Å². The molecule has 1 aliphatic carbocycles. The Hall–Kier alpha value is -0.120. The van der Waals surface area contributed by atoms with Gasteiger partial charge in [-0.25, -0.2) is 0 Å². The van der Waals surface area contributed by atoms with Crippen molar-refractivity contribution in [2.24, 2.45) is 11.8 Å². The Labute approximate surface area is 105 Å². The normalized spacial score (nSPS) is 46.1. The summed E-state index contributed by atoms with van der Waals surface area (Å²) in [6, 6.07) is 0.421. The maximum Gasteiger partial charge on any atom is 0.0695 e. The minimum atomic E-state index is -0.0881. The van der Waals surface area contributed by atoms with Crippen molar-refractivity contribution in [2.45, 2.75) is 57.2 Å². The molecule has 0 bridgehead atoms. The molecule has 3 aliphatic rings. The summed E-state index contributed by atoms with van der Waals surface area (Å²) >= 11 is 0. The van der Waals surface area contributed by atoms with Crippen LogP contribution < -0.4 is 5.32 Å². The summed E-state index contributed by atoms with van der Waals surface area (Å²) in [4.78, 5) is 2.63. The van der Waals surface area contributed by atoms with E-state index in [9.17, 15) is 5.11 Å². The highest BCUT2D eigenvalue weighted by Gasteiger charge is 2.52. The topological polar surface area (TPSA) is 35.5 Å². The van der Waals surface area contributed by atoms with Crippen LogP contribution in [-0.4, -0.2) is 47.3 Å². The Morgan fingerprint density at radius 1 is 1.18 bits per heavy atom. The Balaban J connectivity index is 1.79. The van der Waals surface area contributed by atoms with Crippen molar-refractivity contribution in [3.05, 3.63) is 0 Å². The van der Waals surface area contributed by atoms with E-state index in [0.29, 0.717) is 6.04 Å². The number of hydrogen-bond donors (Lipinski definition) is 2. The molecule has 3 fully saturated rings. The van der Waals surface area contributed by atoms with Crippen molar-refractivity contribution in [3.63, 3.8) is 0 Å². The predicted molar refractivity (Wildman–Crippen MR) is 68.9 cm³/mol. The van der Waals surface area contributed by atoms with Crippen molar-refractivity contribution in [1.82, 2.24) is 10.2 Å². The van der Waals surface area contributed by atoms with Crippen molar-refractivity contribution >= 4 is 0 Å². The van der Waals surface area contributed by atoms with E-state index in [1.54, 1.807) is 0 Å². The van der Waals surface area contributed by atoms with Crippen LogP contribution in [0.25, 0.3) is 0 Å². The van der Waals surface area contributed by atoms with E-state index in [-0.39, 0.29) is 11.6 Å². The summed E-state index contributed by atoms with van der Waals surface area (Å²) in [5.41, 5.74) is 0.261. The zero-order valence-electron chi connectivity index (χ0n) is 11.2. The third kappa shape index (κ3) is 1.83. The molecule has 0 aromatic carbocycles. The first-order valence-electron chi connectivity index (χ1n) is 7.26. The smallest absolute Gasteiger partial charge is 0.0695 e. The first-order chi connectivity index (χ1) is 8.10. The number of aliphatic hydroxyl groups is 1. The van der Waals surface area contributed by atoms with Crippen LogP contribution >= 0.6 is 0 Å². The van der Waals surface area contributed by atoms with Crippen LogP contribution in [0.15, 0.2) is 0 Å². The third-order valence-electron chi connectivity index (χ3n) is 5.51. The summed E-state index contributed by atoms with van der Waals surface area (Å²) in [6.07, 6.45) is 4.61. The molecule has 4 unspecified atom stereocenters. The van der Waals surface area contributed by atoms with Crippen LogP contribution in [0.1, 0.15) is 39.5 Å². The molecule has 2 heterocycles. The van der Waals surface area contributed by atoms with Gasteiger partial charge >= 0.3 is 0 Å². The Kier molecular flexibility index (Phi) is 2.96. The van der Waals surface area contributed by atoms with Gasteiger partial charge in [0.25, 0.3) is 0 Å². The number of fused-ring (bicyclic) bond motifs is 1. The predicted octanol–water partition coefficient (Wildman–Crippen LogP) is 1.22. The van der Waals surface area contributed by atoms with Gasteiger partial charge in [0.15, 0.2) is 0 Å². The Bertz CT molecular complexity index is 292. The SMILES string of the molecule is CC1(C)C2CNCC2CN1C1CCCCC1O. The highest BCUT2D eigenvalue weighted by molar-refractivity contribution is 5.07. The van der Waals surface area contributed by atoms with Gasteiger partial charge < -0.3 is 10.4 Å². The Morgan fingerprint density at radius 3 is 2.65 bits per heavy atom. The molecule has 3 nitrogen and oxygen atoms in total. The number of nitrogens with one attached hydrogen (secondary N) is 1. The monoisotopic (exact) mass is 238 g/mol. The van der Waals surface area contributed by atoms with Crippen LogP contribution in [0.2, 0.25) is 0 Å². The summed E-state index contributed by atoms with van der Waals surface area (Å²) in [6.45, 7) is 8.29. The molecule has 0 radical (unpaired) electrons. The van der Waals surface area contributed by atoms with Gasteiger partial charge in [0, 0.05) is 24.7 Å². The number of aliphatic hydroxyl groups excluding tert-OH is 1. The molecule has 1 saturated carbocycles. The quantitative estimate of drug-likeness (QED) is 0.721. The highest BCUT2D eigenvalue weighted by atomic mass is 16.3. The minimum absolute atomic E-state index is 0.0881. The molecule has 0 spiro atoms. The molecule has 4 atom stereocenters. The van der Waals surface area contributed by atoms with Crippen LogP contribution in [-0.2, 0) is 0 Å².